The second-order valence-electron chi connectivity index (χ2n) is 4.93. The van der Waals surface area contributed by atoms with Gasteiger partial charge in [0.2, 0.25) is 5.95 Å². The Kier molecular flexibility index (Phi) is 3.23. The van der Waals surface area contributed by atoms with Crippen molar-refractivity contribution in [3.63, 3.8) is 0 Å². The lowest BCUT2D eigenvalue weighted by molar-refractivity contribution is 0.241. The standard InChI is InChI=1S/C15H12N6O3/c16-14-19-11(10-4-2-6-24-10)12-13(20-14)21(8-18-12)15(22)17-7-9-3-1-5-23-9/h1-6,8H,7H2,(H,17,22)(H2,16,19,20). The first kappa shape index (κ1) is 14.0. The van der Waals surface area contributed by atoms with E-state index in [1.54, 1.807) is 24.3 Å². The van der Waals surface area contributed by atoms with Gasteiger partial charge in [-0.2, -0.15) is 4.98 Å². The average Bonchev–Trinajstić information content (AvgIpc) is 3.31. The lowest BCUT2D eigenvalue weighted by Crippen LogP contribution is -2.27. The van der Waals surface area contributed by atoms with E-state index in [4.69, 9.17) is 14.6 Å². The number of nitrogen functional groups attached to an aromatic ring is 1. The summed E-state index contributed by atoms with van der Waals surface area (Å²) >= 11 is 0. The second kappa shape index (κ2) is 5.54. The summed E-state index contributed by atoms with van der Waals surface area (Å²) in [6.07, 6.45) is 4.42. The maximum Gasteiger partial charge on any atom is 0.328 e. The molecule has 0 fully saturated rings. The quantitative estimate of drug-likeness (QED) is 0.590. The molecule has 0 aliphatic heterocycles. The average molecular weight is 324 g/mol. The van der Waals surface area contributed by atoms with E-state index in [2.05, 4.69) is 20.3 Å². The van der Waals surface area contributed by atoms with E-state index in [9.17, 15) is 4.79 Å². The number of fused-ring (bicyclic) bond motifs is 1. The van der Waals surface area contributed by atoms with Crippen molar-refractivity contribution in [1.29, 1.82) is 0 Å². The summed E-state index contributed by atoms with van der Waals surface area (Å²) < 4.78 is 11.8. The summed E-state index contributed by atoms with van der Waals surface area (Å²) in [5.74, 6) is 1.16. The van der Waals surface area contributed by atoms with Crippen LogP contribution in [-0.4, -0.2) is 25.6 Å². The Morgan fingerprint density at radius 1 is 1.21 bits per heavy atom. The van der Waals surface area contributed by atoms with Crippen LogP contribution in [0.25, 0.3) is 22.6 Å². The van der Waals surface area contributed by atoms with Crippen LogP contribution in [0.3, 0.4) is 0 Å². The molecule has 0 saturated carbocycles. The Morgan fingerprint density at radius 2 is 2.04 bits per heavy atom. The van der Waals surface area contributed by atoms with Gasteiger partial charge in [0, 0.05) is 0 Å². The minimum atomic E-state index is -0.405. The van der Waals surface area contributed by atoms with Crippen LogP contribution in [-0.2, 0) is 6.54 Å². The highest BCUT2D eigenvalue weighted by Gasteiger charge is 2.18. The molecule has 4 aromatic rings. The molecule has 9 nitrogen and oxygen atoms in total. The van der Waals surface area contributed by atoms with Crippen LogP contribution in [0, 0.1) is 0 Å². The molecular weight excluding hydrogens is 312 g/mol. The molecule has 4 heterocycles. The van der Waals surface area contributed by atoms with Gasteiger partial charge in [0.1, 0.15) is 23.3 Å². The van der Waals surface area contributed by atoms with Crippen molar-refractivity contribution < 1.29 is 13.6 Å². The van der Waals surface area contributed by atoms with Gasteiger partial charge in [-0.25, -0.2) is 19.3 Å². The maximum absolute atomic E-state index is 12.4. The summed E-state index contributed by atoms with van der Waals surface area (Å²) in [6, 6.07) is 6.57. The van der Waals surface area contributed by atoms with E-state index >= 15 is 0 Å². The first-order chi connectivity index (χ1) is 11.7. The molecule has 0 radical (unpaired) electrons. The van der Waals surface area contributed by atoms with Gasteiger partial charge in [0.25, 0.3) is 0 Å². The van der Waals surface area contributed by atoms with Gasteiger partial charge in [-0.15, -0.1) is 0 Å². The zero-order valence-corrected chi connectivity index (χ0v) is 12.3. The summed E-state index contributed by atoms with van der Waals surface area (Å²) in [7, 11) is 0. The number of amides is 1. The van der Waals surface area contributed by atoms with Crippen molar-refractivity contribution in [2.75, 3.05) is 5.73 Å². The van der Waals surface area contributed by atoms with E-state index in [0.717, 1.165) is 0 Å². The van der Waals surface area contributed by atoms with Crippen LogP contribution < -0.4 is 11.1 Å². The fourth-order valence-electron chi connectivity index (χ4n) is 2.31. The van der Waals surface area contributed by atoms with E-state index in [1.807, 2.05) is 0 Å². The normalized spacial score (nSPS) is 11.0. The number of hydrogen-bond donors (Lipinski definition) is 2. The molecule has 0 aliphatic carbocycles. The fourth-order valence-corrected chi connectivity index (χ4v) is 2.31. The number of rotatable bonds is 3. The molecule has 4 rings (SSSR count). The molecule has 0 bridgehead atoms. The van der Waals surface area contributed by atoms with Gasteiger partial charge in [-0.3, -0.25) is 0 Å². The van der Waals surface area contributed by atoms with E-state index < -0.39 is 6.03 Å². The summed E-state index contributed by atoms with van der Waals surface area (Å²) in [5, 5.41) is 2.72. The van der Waals surface area contributed by atoms with E-state index in [1.165, 1.54) is 23.4 Å². The minimum absolute atomic E-state index is 0.0227. The topological polar surface area (TPSA) is 125 Å². The number of nitrogens with zero attached hydrogens (tertiary/aromatic N) is 4. The van der Waals surface area contributed by atoms with Crippen molar-refractivity contribution in [3.8, 4) is 11.5 Å². The monoisotopic (exact) mass is 324 g/mol. The summed E-state index contributed by atoms with van der Waals surface area (Å²) in [5.41, 5.74) is 6.91. The Balaban J connectivity index is 1.70. The zero-order chi connectivity index (χ0) is 16.5. The number of nitrogens with two attached hydrogens (primary N) is 1. The lowest BCUT2D eigenvalue weighted by atomic mass is 10.3. The fraction of sp³-hybridized carbons (Fsp3) is 0.0667. The lowest BCUT2D eigenvalue weighted by Gasteiger charge is -2.05. The molecule has 4 aromatic heterocycles. The van der Waals surface area contributed by atoms with Gasteiger partial charge in [0.15, 0.2) is 11.4 Å². The van der Waals surface area contributed by atoms with Crippen molar-refractivity contribution in [2.45, 2.75) is 6.54 Å². The number of carbonyl (C=O) groups excluding carboxylic acids is 1. The van der Waals surface area contributed by atoms with Gasteiger partial charge in [-0.1, -0.05) is 0 Å². The van der Waals surface area contributed by atoms with Crippen LogP contribution in [0.1, 0.15) is 5.76 Å². The molecule has 0 unspecified atom stereocenters. The molecule has 0 saturated heterocycles. The number of hydrogen-bond acceptors (Lipinski definition) is 7. The number of anilines is 1. The zero-order valence-electron chi connectivity index (χ0n) is 12.3. The smallest absolute Gasteiger partial charge is 0.328 e. The molecule has 0 spiro atoms. The van der Waals surface area contributed by atoms with Crippen LogP contribution in [0.15, 0.2) is 52.0 Å². The maximum atomic E-state index is 12.4. The highest BCUT2D eigenvalue weighted by Crippen LogP contribution is 2.25. The summed E-state index contributed by atoms with van der Waals surface area (Å²) in [4.78, 5) is 24.9. The predicted octanol–water partition coefficient (Wildman–Crippen LogP) is 2.02. The molecule has 0 aliphatic rings. The first-order valence-electron chi connectivity index (χ1n) is 7.07. The highest BCUT2D eigenvalue weighted by atomic mass is 16.3. The van der Waals surface area contributed by atoms with Gasteiger partial charge >= 0.3 is 6.03 Å². The first-order valence-corrected chi connectivity index (χ1v) is 7.07. The number of carbonyl (C=O) groups is 1. The Hall–Kier alpha value is -3.62. The van der Waals surface area contributed by atoms with Crippen LogP contribution in [0.5, 0.6) is 0 Å². The highest BCUT2D eigenvalue weighted by molar-refractivity contribution is 5.93. The van der Waals surface area contributed by atoms with Crippen molar-refractivity contribution in [1.82, 2.24) is 24.8 Å². The number of nitrogens with one attached hydrogen (secondary N) is 1. The van der Waals surface area contributed by atoms with Crippen LogP contribution in [0.4, 0.5) is 10.7 Å². The SMILES string of the molecule is Nc1nc(-c2ccco2)c2ncn(C(=O)NCc3ccco3)c2n1. The van der Waals surface area contributed by atoms with Crippen molar-refractivity contribution in [3.05, 3.63) is 48.9 Å². The third-order valence-corrected chi connectivity index (χ3v) is 3.38. The molecule has 9 heteroatoms. The number of furan rings is 2. The molecule has 1 amide bonds. The van der Waals surface area contributed by atoms with Gasteiger partial charge < -0.3 is 19.9 Å². The summed E-state index contributed by atoms with van der Waals surface area (Å²) in [6.45, 7) is 0.247. The Labute approximate surface area is 135 Å². The van der Waals surface area contributed by atoms with Gasteiger partial charge in [-0.05, 0) is 24.3 Å². The largest absolute Gasteiger partial charge is 0.467 e. The third kappa shape index (κ3) is 2.37. The Morgan fingerprint density at radius 3 is 2.79 bits per heavy atom. The number of aromatic nitrogens is 4. The van der Waals surface area contributed by atoms with Crippen molar-refractivity contribution in [2.24, 2.45) is 0 Å². The molecule has 3 N–H and O–H groups in total. The molecule has 0 aromatic carbocycles. The minimum Gasteiger partial charge on any atom is -0.467 e. The van der Waals surface area contributed by atoms with E-state index in [-0.39, 0.29) is 12.5 Å². The molecule has 120 valence electrons. The van der Waals surface area contributed by atoms with E-state index in [0.29, 0.717) is 28.4 Å². The predicted molar refractivity (Wildman–Crippen MR) is 83.8 cm³/mol. The molecule has 0 atom stereocenters. The number of imidazole rings is 1. The van der Waals surface area contributed by atoms with Crippen LogP contribution >= 0.6 is 0 Å². The molecular formula is C15H12N6O3. The van der Waals surface area contributed by atoms with Gasteiger partial charge in [0.05, 0.1) is 19.1 Å². The molecule has 24 heavy (non-hydrogen) atoms. The Bertz CT molecular complexity index is 988. The second-order valence-corrected chi connectivity index (χ2v) is 4.93. The third-order valence-electron chi connectivity index (χ3n) is 3.38. The van der Waals surface area contributed by atoms with Crippen LogP contribution in [0.2, 0.25) is 0 Å². The van der Waals surface area contributed by atoms with Crippen molar-refractivity contribution >= 4 is 23.1 Å².